The van der Waals surface area contributed by atoms with Crippen molar-refractivity contribution in [1.29, 1.82) is 0 Å². The van der Waals surface area contributed by atoms with Crippen LogP contribution in [0.15, 0.2) is 63.2 Å². The van der Waals surface area contributed by atoms with Crippen LogP contribution >= 0.6 is 0 Å². The quantitative estimate of drug-likeness (QED) is 0.665. The highest BCUT2D eigenvalue weighted by atomic mass is 32.2. The van der Waals surface area contributed by atoms with Gasteiger partial charge in [0.25, 0.3) is 0 Å². The van der Waals surface area contributed by atoms with Crippen molar-refractivity contribution < 1.29 is 30.0 Å². The number of sulfone groups is 1. The van der Waals surface area contributed by atoms with Crippen LogP contribution in [0.5, 0.6) is 0 Å². The van der Waals surface area contributed by atoms with Crippen molar-refractivity contribution in [1.82, 2.24) is 4.72 Å². The van der Waals surface area contributed by atoms with Gasteiger partial charge in [0.15, 0.2) is 0 Å². The van der Waals surface area contributed by atoms with E-state index in [2.05, 4.69) is 0 Å². The van der Waals surface area contributed by atoms with Gasteiger partial charge in [0.05, 0.1) is 20.2 Å². The van der Waals surface area contributed by atoms with E-state index in [4.69, 9.17) is 5.73 Å². The van der Waals surface area contributed by atoms with Crippen LogP contribution < -0.4 is 10.5 Å². The minimum Gasteiger partial charge on any atom is -0.330 e. The van der Waals surface area contributed by atoms with Gasteiger partial charge in [0.2, 0.25) is 19.9 Å². The molecule has 2 aromatic rings. The molecule has 0 fully saturated rings. The highest BCUT2D eigenvalue weighted by Gasteiger charge is 2.38. The molecule has 0 aromatic heterocycles. The van der Waals surface area contributed by atoms with E-state index in [0.29, 0.717) is 12.1 Å². The number of alkyl halides is 3. The summed E-state index contributed by atoms with van der Waals surface area (Å²) in [5, 5.41) is 0. The molecule has 148 valence electrons. The summed E-state index contributed by atoms with van der Waals surface area (Å²) in [7, 11) is -8.79. The second-order valence-corrected chi connectivity index (χ2v) is 9.20. The topological polar surface area (TPSA) is 106 Å². The Morgan fingerprint density at radius 1 is 0.926 bits per heavy atom. The SMILES string of the molecule is NCCCNS(=O)(=O)c1cc(S(=O)(=O)c2ccccc2)ccc1C(F)(F)F. The minimum atomic E-state index is -4.98. The smallest absolute Gasteiger partial charge is 0.330 e. The third-order valence-corrected chi connectivity index (χ3v) is 6.85. The van der Waals surface area contributed by atoms with Gasteiger partial charge in [0.1, 0.15) is 0 Å². The monoisotopic (exact) mass is 422 g/mol. The van der Waals surface area contributed by atoms with Gasteiger partial charge in [0, 0.05) is 6.54 Å². The zero-order chi connectivity index (χ0) is 20.3. The van der Waals surface area contributed by atoms with Crippen molar-refractivity contribution in [2.24, 2.45) is 5.73 Å². The molecule has 11 heteroatoms. The second kappa shape index (κ2) is 7.97. The lowest BCUT2D eigenvalue weighted by Gasteiger charge is -2.15. The fourth-order valence-electron chi connectivity index (χ4n) is 2.25. The summed E-state index contributed by atoms with van der Waals surface area (Å²) in [6.07, 6.45) is -4.77. The van der Waals surface area contributed by atoms with Crippen LogP contribution in [0.1, 0.15) is 12.0 Å². The largest absolute Gasteiger partial charge is 0.417 e. The molecule has 0 bridgehead atoms. The lowest BCUT2D eigenvalue weighted by molar-refractivity contribution is -0.139. The van der Waals surface area contributed by atoms with E-state index < -0.39 is 41.4 Å². The lowest BCUT2D eigenvalue weighted by Crippen LogP contribution is -2.28. The van der Waals surface area contributed by atoms with E-state index in [-0.39, 0.29) is 24.4 Å². The molecule has 0 aliphatic carbocycles. The highest BCUT2D eigenvalue weighted by molar-refractivity contribution is 7.91. The lowest BCUT2D eigenvalue weighted by atomic mass is 10.2. The standard InChI is InChI=1S/C16H17F3N2O4S2/c17-16(18,19)14-8-7-13(26(22,23)12-5-2-1-3-6-12)11-15(14)27(24,25)21-10-4-9-20/h1-3,5-8,11,21H,4,9-10,20H2. The average Bonchev–Trinajstić information content (AvgIpc) is 2.61. The molecular formula is C16H17F3N2O4S2. The summed E-state index contributed by atoms with van der Waals surface area (Å²) < 4.78 is 91.7. The van der Waals surface area contributed by atoms with Crippen molar-refractivity contribution in [2.75, 3.05) is 13.1 Å². The van der Waals surface area contributed by atoms with Gasteiger partial charge in [-0.25, -0.2) is 21.6 Å². The van der Waals surface area contributed by atoms with Crippen LogP contribution in [0.4, 0.5) is 13.2 Å². The maximum atomic E-state index is 13.3. The fraction of sp³-hybridized carbons (Fsp3) is 0.250. The zero-order valence-corrected chi connectivity index (χ0v) is 15.5. The average molecular weight is 422 g/mol. The molecule has 0 unspecified atom stereocenters. The molecule has 0 spiro atoms. The first kappa shape index (κ1) is 21.4. The van der Waals surface area contributed by atoms with Crippen LogP contribution in [-0.2, 0) is 26.0 Å². The van der Waals surface area contributed by atoms with Crippen LogP contribution in [0, 0.1) is 0 Å². The van der Waals surface area contributed by atoms with Gasteiger partial charge in [-0.15, -0.1) is 0 Å². The summed E-state index contributed by atoms with van der Waals surface area (Å²) in [6, 6.07) is 8.71. The number of benzene rings is 2. The van der Waals surface area contributed by atoms with Gasteiger partial charge in [-0.2, -0.15) is 13.2 Å². The summed E-state index contributed by atoms with van der Waals surface area (Å²) >= 11 is 0. The van der Waals surface area contributed by atoms with Gasteiger partial charge in [-0.3, -0.25) is 0 Å². The van der Waals surface area contributed by atoms with Crippen LogP contribution in [0.2, 0.25) is 0 Å². The number of halogens is 3. The maximum Gasteiger partial charge on any atom is 0.417 e. The molecular weight excluding hydrogens is 405 g/mol. The highest BCUT2D eigenvalue weighted by Crippen LogP contribution is 2.36. The summed E-state index contributed by atoms with van der Waals surface area (Å²) in [6.45, 7) is -0.0388. The Morgan fingerprint density at radius 3 is 2.11 bits per heavy atom. The fourth-order valence-corrected chi connectivity index (χ4v) is 4.95. The molecule has 0 radical (unpaired) electrons. The molecule has 3 N–H and O–H groups in total. The molecule has 2 aromatic carbocycles. The molecule has 2 rings (SSSR count). The van der Waals surface area contributed by atoms with Crippen LogP contribution in [0.3, 0.4) is 0 Å². The van der Waals surface area contributed by atoms with E-state index in [0.717, 1.165) is 6.07 Å². The summed E-state index contributed by atoms with van der Waals surface area (Å²) in [5.74, 6) is 0. The van der Waals surface area contributed by atoms with Crippen LogP contribution in [0.25, 0.3) is 0 Å². The van der Waals surface area contributed by atoms with E-state index in [1.54, 1.807) is 6.07 Å². The number of hydrogen-bond donors (Lipinski definition) is 2. The van der Waals surface area contributed by atoms with E-state index in [9.17, 15) is 30.0 Å². The Bertz CT molecular complexity index is 1010. The van der Waals surface area contributed by atoms with Crippen molar-refractivity contribution >= 4 is 19.9 Å². The number of rotatable bonds is 7. The van der Waals surface area contributed by atoms with E-state index >= 15 is 0 Å². The molecule has 0 aliphatic rings. The summed E-state index contributed by atoms with van der Waals surface area (Å²) in [5.41, 5.74) is 3.80. The molecule has 0 saturated carbocycles. The molecule has 0 saturated heterocycles. The Kier molecular flexibility index (Phi) is 6.30. The van der Waals surface area contributed by atoms with Crippen molar-refractivity contribution in [3.8, 4) is 0 Å². The molecule has 0 heterocycles. The molecule has 6 nitrogen and oxygen atoms in total. The third-order valence-electron chi connectivity index (χ3n) is 3.58. The van der Waals surface area contributed by atoms with Gasteiger partial charge in [-0.1, -0.05) is 18.2 Å². The Morgan fingerprint density at radius 2 is 1.56 bits per heavy atom. The number of nitrogens with one attached hydrogen (secondary N) is 1. The molecule has 0 atom stereocenters. The number of nitrogens with two attached hydrogens (primary N) is 1. The Labute approximate surface area is 155 Å². The number of hydrogen-bond acceptors (Lipinski definition) is 5. The maximum absolute atomic E-state index is 13.3. The van der Waals surface area contributed by atoms with Gasteiger partial charge >= 0.3 is 6.18 Å². The first-order valence-electron chi connectivity index (χ1n) is 7.71. The second-order valence-electron chi connectivity index (χ2n) is 5.51. The predicted molar refractivity (Wildman–Crippen MR) is 92.2 cm³/mol. The van der Waals surface area contributed by atoms with Gasteiger partial charge in [-0.05, 0) is 43.3 Å². The third kappa shape index (κ3) is 4.86. The zero-order valence-electron chi connectivity index (χ0n) is 13.9. The van der Waals surface area contributed by atoms with Crippen molar-refractivity contribution in [3.05, 3.63) is 54.1 Å². The molecule has 0 aliphatic heterocycles. The van der Waals surface area contributed by atoms with Crippen molar-refractivity contribution in [2.45, 2.75) is 27.3 Å². The normalized spacial score (nSPS) is 12.9. The van der Waals surface area contributed by atoms with Crippen molar-refractivity contribution in [3.63, 3.8) is 0 Å². The molecule has 0 amide bonds. The minimum absolute atomic E-state index is 0.136. The summed E-state index contributed by atoms with van der Waals surface area (Å²) in [4.78, 5) is -1.87. The first-order chi connectivity index (χ1) is 12.5. The Hall–Kier alpha value is -1.95. The van der Waals surface area contributed by atoms with E-state index in [1.807, 2.05) is 4.72 Å². The number of sulfonamides is 1. The molecule has 27 heavy (non-hydrogen) atoms. The van der Waals surface area contributed by atoms with Gasteiger partial charge < -0.3 is 5.73 Å². The van der Waals surface area contributed by atoms with Crippen LogP contribution in [-0.4, -0.2) is 29.9 Å². The van der Waals surface area contributed by atoms with E-state index in [1.165, 1.54) is 24.3 Å². The predicted octanol–water partition coefficient (Wildman–Crippen LogP) is 2.17. The Balaban J connectivity index is 2.62. The first-order valence-corrected chi connectivity index (χ1v) is 10.7.